The summed E-state index contributed by atoms with van der Waals surface area (Å²) in [6.07, 6.45) is 1.09. The minimum atomic E-state index is -3.35. The molecule has 0 fully saturated rings. The molecule has 1 heterocycles. The molecule has 0 aliphatic carbocycles. The molecule has 2 rings (SSSR count). The van der Waals surface area contributed by atoms with Gasteiger partial charge in [0.15, 0.2) is 9.84 Å². The maximum atomic E-state index is 12.1. The van der Waals surface area contributed by atoms with Crippen LogP contribution in [0.25, 0.3) is 0 Å². The van der Waals surface area contributed by atoms with Crippen molar-refractivity contribution >= 4 is 44.6 Å². The van der Waals surface area contributed by atoms with E-state index in [-0.39, 0.29) is 20.8 Å². The zero-order chi connectivity index (χ0) is 15.6. The first kappa shape index (κ1) is 15.8. The van der Waals surface area contributed by atoms with Gasteiger partial charge in [-0.3, -0.25) is 4.79 Å². The summed E-state index contributed by atoms with van der Waals surface area (Å²) < 4.78 is 22.9. The number of carbonyl (C=O) groups excluding carboxylic acids is 1. The van der Waals surface area contributed by atoms with Crippen LogP contribution in [0.4, 0.5) is 5.69 Å². The lowest BCUT2D eigenvalue weighted by Crippen LogP contribution is -2.13. The standard InChI is InChI=1S/C13H10Cl2N2O3S/c1-21(19,20)9-4-2-3-8(7-9)16-13(18)10-5-6-11(14)17-12(10)15/h2-7H,1H3,(H,16,18). The van der Waals surface area contributed by atoms with E-state index in [1.807, 2.05) is 0 Å². The summed E-state index contributed by atoms with van der Waals surface area (Å²) in [5, 5.41) is 2.71. The lowest BCUT2D eigenvalue weighted by molar-refractivity contribution is 0.102. The van der Waals surface area contributed by atoms with E-state index in [0.717, 1.165) is 6.26 Å². The number of sulfone groups is 1. The number of benzene rings is 1. The van der Waals surface area contributed by atoms with E-state index < -0.39 is 15.7 Å². The fraction of sp³-hybridized carbons (Fsp3) is 0.0769. The number of rotatable bonds is 3. The van der Waals surface area contributed by atoms with Crippen molar-refractivity contribution in [1.29, 1.82) is 0 Å². The monoisotopic (exact) mass is 344 g/mol. The van der Waals surface area contributed by atoms with Crippen molar-refractivity contribution in [1.82, 2.24) is 4.98 Å². The van der Waals surface area contributed by atoms with Gasteiger partial charge < -0.3 is 5.32 Å². The fourth-order valence-electron chi connectivity index (χ4n) is 1.58. The summed E-state index contributed by atoms with van der Waals surface area (Å²) >= 11 is 11.5. The lowest BCUT2D eigenvalue weighted by atomic mass is 10.2. The third-order valence-corrected chi connectivity index (χ3v) is 4.19. The maximum absolute atomic E-state index is 12.1. The number of hydrogen-bond acceptors (Lipinski definition) is 4. The van der Waals surface area contributed by atoms with E-state index in [0.29, 0.717) is 5.69 Å². The van der Waals surface area contributed by atoms with Crippen molar-refractivity contribution in [3.8, 4) is 0 Å². The van der Waals surface area contributed by atoms with Gasteiger partial charge in [-0.2, -0.15) is 0 Å². The molecular formula is C13H10Cl2N2O3S. The van der Waals surface area contributed by atoms with Gasteiger partial charge in [-0.1, -0.05) is 29.3 Å². The van der Waals surface area contributed by atoms with E-state index in [1.165, 1.54) is 30.3 Å². The third kappa shape index (κ3) is 3.93. The molecule has 0 aliphatic rings. The van der Waals surface area contributed by atoms with Crippen LogP contribution < -0.4 is 5.32 Å². The Balaban J connectivity index is 2.28. The van der Waals surface area contributed by atoms with Crippen LogP contribution in [0.1, 0.15) is 10.4 Å². The Morgan fingerprint density at radius 1 is 1.19 bits per heavy atom. The highest BCUT2D eigenvalue weighted by atomic mass is 35.5. The molecule has 110 valence electrons. The molecule has 1 N–H and O–H groups in total. The van der Waals surface area contributed by atoms with E-state index in [9.17, 15) is 13.2 Å². The Kier molecular flexibility index (Phi) is 4.51. The molecule has 0 radical (unpaired) electrons. The molecule has 0 aliphatic heterocycles. The zero-order valence-electron chi connectivity index (χ0n) is 10.8. The predicted octanol–water partition coefficient (Wildman–Crippen LogP) is 3.04. The second-order valence-corrected chi connectivity index (χ2v) is 6.99. The van der Waals surface area contributed by atoms with Crippen molar-refractivity contribution in [2.75, 3.05) is 11.6 Å². The largest absolute Gasteiger partial charge is 0.322 e. The van der Waals surface area contributed by atoms with Gasteiger partial charge in [0.25, 0.3) is 5.91 Å². The molecule has 0 atom stereocenters. The minimum absolute atomic E-state index is 0.0285. The number of nitrogens with one attached hydrogen (secondary N) is 1. The molecule has 1 aromatic heterocycles. The Morgan fingerprint density at radius 3 is 2.52 bits per heavy atom. The quantitative estimate of drug-likeness (QED) is 0.868. The van der Waals surface area contributed by atoms with Crippen molar-refractivity contribution < 1.29 is 13.2 Å². The van der Waals surface area contributed by atoms with Crippen LogP contribution in [0.3, 0.4) is 0 Å². The summed E-state index contributed by atoms with van der Waals surface area (Å²) in [6.45, 7) is 0. The summed E-state index contributed by atoms with van der Waals surface area (Å²) in [6, 6.07) is 8.80. The van der Waals surface area contributed by atoms with Gasteiger partial charge >= 0.3 is 0 Å². The number of carbonyl (C=O) groups is 1. The Morgan fingerprint density at radius 2 is 1.90 bits per heavy atom. The second-order valence-electron chi connectivity index (χ2n) is 4.23. The van der Waals surface area contributed by atoms with Crippen molar-refractivity contribution in [3.63, 3.8) is 0 Å². The highest BCUT2D eigenvalue weighted by Gasteiger charge is 2.13. The van der Waals surface area contributed by atoms with Crippen molar-refractivity contribution in [3.05, 3.63) is 52.3 Å². The third-order valence-electron chi connectivity index (χ3n) is 2.58. The molecule has 2 aromatic rings. The van der Waals surface area contributed by atoms with Gasteiger partial charge in [-0.15, -0.1) is 0 Å². The van der Waals surface area contributed by atoms with Crippen LogP contribution in [0.5, 0.6) is 0 Å². The van der Waals surface area contributed by atoms with Gasteiger partial charge in [0.05, 0.1) is 10.5 Å². The van der Waals surface area contributed by atoms with E-state index in [2.05, 4.69) is 10.3 Å². The summed E-state index contributed by atoms with van der Waals surface area (Å²) in [5.41, 5.74) is 0.486. The first-order valence-electron chi connectivity index (χ1n) is 5.71. The van der Waals surface area contributed by atoms with Crippen molar-refractivity contribution in [2.24, 2.45) is 0 Å². The first-order chi connectivity index (χ1) is 9.77. The van der Waals surface area contributed by atoms with E-state index in [1.54, 1.807) is 6.07 Å². The fourth-order valence-corrected chi connectivity index (χ4v) is 2.68. The van der Waals surface area contributed by atoms with Crippen LogP contribution in [0.2, 0.25) is 10.3 Å². The zero-order valence-corrected chi connectivity index (χ0v) is 13.1. The molecule has 0 saturated heterocycles. The number of aromatic nitrogens is 1. The minimum Gasteiger partial charge on any atom is -0.322 e. The average molecular weight is 345 g/mol. The van der Waals surface area contributed by atoms with Gasteiger partial charge in [-0.25, -0.2) is 13.4 Å². The molecule has 21 heavy (non-hydrogen) atoms. The highest BCUT2D eigenvalue weighted by Crippen LogP contribution is 2.20. The number of nitrogens with zero attached hydrogens (tertiary/aromatic N) is 1. The molecule has 0 saturated carbocycles. The first-order valence-corrected chi connectivity index (χ1v) is 8.35. The molecule has 8 heteroatoms. The summed E-state index contributed by atoms with van der Waals surface area (Å²) in [5.74, 6) is -0.505. The van der Waals surface area contributed by atoms with Crippen LogP contribution in [0.15, 0.2) is 41.3 Å². The van der Waals surface area contributed by atoms with Crippen LogP contribution >= 0.6 is 23.2 Å². The SMILES string of the molecule is CS(=O)(=O)c1cccc(NC(=O)c2ccc(Cl)nc2Cl)c1. The van der Waals surface area contributed by atoms with E-state index in [4.69, 9.17) is 23.2 Å². The normalized spacial score (nSPS) is 11.2. The van der Waals surface area contributed by atoms with Gasteiger partial charge in [0.1, 0.15) is 10.3 Å². The molecule has 0 bridgehead atoms. The Bertz CT molecular complexity index is 807. The lowest BCUT2D eigenvalue weighted by Gasteiger charge is -2.07. The molecule has 1 amide bonds. The molecule has 0 unspecified atom stereocenters. The summed E-state index contributed by atoms with van der Waals surface area (Å²) in [4.78, 5) is 16.0. The van der Waals surface area contributed by atoms with Crippen LogP contribution in [-0.4, -0.2) is 25.6 Å². The molecule has 5 nitrogen and oxygen atoms in total. The Labute approximate surface area is 131 Å². The average Bonchev–Trinajstić information content (AvgIpc) is 2.37. The number of pyridine rings is 1. The van der Waals surface area contributed by atoms with Gasteiger partial charge in [0.2, 0.25) is 0 Å². The van der Waals surface area contributed by atoms with Crippen molar-refractivity contribution in [2.45, 2.75) is 4.90 Å². The smallest absolute Gasteiger partial charge is 0.258 e. The number of anilines is 1. The van der Waals surface area contributed by atoms with Crippen LogP contribution in [0, 0.1) is 0 Å². The molecule has 0 spiro atoms. The van der Waals surface area contributed by atoms with Gasteiger partial charge in [0, 0.05) is 11.9 Å². The Hall–Kier alpha value is -1.63. The molecular weight excluding hydrogens is 335 g/mol. The number of halogens is 2. The number of hydrogen-bond donors (Lipinski definition) is 1. The second kappa shape index (κ2) is 6.01. The summed E-state index contributed by atoms with van der Waals surface area (Å²) in [7, 11) is -3.35. The highest BCUT2D eigenvalue weighted by molar-refractivity contribution is 7.90. The van der Waals surface area contributed by atoms with Crippen LogP contribution in [-0.2, 0) is 9.84 Å². The molecule has 1 aromatic carbocycles. The van der Waals surface area contributed by atoms with E-state index >= 15 is 0 Å². The predicted molar refractivity (Wildman–Crippen MR) is 81.8 cm³/mol. The topological polar surface area (TPSA) is 76.1 Å². The maximum Gasteiger partial charge on any atom is 0.258 e. The number of amides is 1. The van der Waals surface area contributed by atoms with Gasteiger partial charge in [-0.05, 0) is 30.3 Å².